The van der Waals surface area contributed by atoms with E-state index in [1.54, 1.807) is 0 Å². The molecular weight excluding hydrogens is 184 g/mol. The number of carboxylic acid groups (broad SMARTS) is 1. The van der Waals surface area contributed by atoms with Gasteiger partial charge in [0.15, 0.2) is 0 Å². The number of aliphatic carboxylic acids is 1. The molecule has 0 heterocycles. The first-order valence-electron chi connectivity index (χ1n) is 4.75. The minimum atomic E-state index is -0.782. The Labute approximate surface area is 84.3 Å². The highest BCUT2D eigenvalue weighted by molar-refractivity contribution is 5.66. The summed E-state index contributed by atoms with van der Waals surface area (Å²) >= 11 is 0. The van der Waals surface area contributed by atoms with Gasteiger partial charge in [-0.1, -0.05) is 0 Å². The number of carboxylic acids is 1. The van der Waals surface area contributed by atoms with Gasteiger partial charge in [-0.3, -0.25) is 9.59 Å². The van der Waals surface area contributed by atoms with Gasteiger partial charge in [0, 0.05) is 13.3 Å². The molecule has 0 saturated carbocycles. The lowest BCUT2D eigenvalue weighted by molar-refractivity contribution is -0.154. The average molecular weight is 202 g/mol. The van der Waals surface area contributed by atoms with Crippen LogP contribution in [0, 0.1) is 0 Å². The highest BCUT2D eigenvalue weighted by Crippen LogP contribution is 2.18. The van der Waals surface area contributed by atoms with Crippen LogP contribution in [0.3, 0.4) is 0 Å². The second kappa shape index (κ2) is 5.62. The van der Waals surface area contributed by atoms with Crippen molar-refractivity contribution in [1.29, 1.82) is 0 Å². The molecule has 0 saturated heterocycles. The van der Waals surface area contributed by atoms with E-state index in [9.17, 15) is 9.59 Å². The number of carbonyl (C=O) groups is 2. The molecule has 0 aromatic carbocycles. The van der Waals surface area contributed by atoms with Gasteiger partial charge >= 0.3 is 11.9 Å². The maximum atomic E-state index is 10.7. The molecule has 0 fully saturated rings. The Kier molecular flexibility index (Phi) is 5.20. The number of ether oxygens (including phenoxy) is 1. The third-order valence-electron chi connectivity index (χ3n) is 1.84. The van der Waals surface area contributed by atoms with E-state index in [-0.39, 0.29) is 12.4 Å². The summed E-state index contributed by atoms with van der Waals surface area (Å²) in [7, 11) is 0. The molecule has 0 atom stereocenters. The van der Waals surface area contributed by atoms with Gasteiger partial charge in [-0.15, -0.1) is 0 Å². The Balaban J connectivity index is 3.65. The van der Waals surface area contributed by atoms with Crippen LogP contribution in [0.2, 0.25) is 0 Å². The van der Waals surface area contributed by atoms with Gasteiger partial charge in [0.05, 0.1) is 0 Å². The van der Waals surface area contributed by atoms with Crippen molar-refractivity contribution in [3.8, 4) is 0 Å². The molecule has 0 aromatic heterocycles. The first-order valence-corrected chi connectivity index (χ1v) is 4.75. The Morgan fingerprint density at radius 2 is 1.86 bits per heavy atom. The van der Waals surface area contributed by atoms with Gasteiger partial charge in [0.25, 0.3) is 0 Å². The lowest BCUT2D eigenvalue weighted by atomic mass is 10.0. The standard InChI is InChI=1S/C10H18O4/c1-8(11)14-10(2,3)7-5-4-6-9(12)13/h4-7H2,1-3H3,(H,12,13). The summed E-state index contributed by atoms with van der Waals surface area (Å²) in [4.78, 5) is 20.9. The number of carbonyl (C=O) groups excluding carboxylic acids is 1. The summed E-state index contributed by atoms with van der Waals surface area (Å²) in [5, 5.41) is 8.40. The molecule has 82 valence electrons. The maximum Gasteiger partial charge on any atom is 0.303 e. The van der Waals surface area contributed by atoms with E-state index >= 15 is 0 Å². The lowest BCUT2D eigenvalue weighted by Crippen LogP contribution is -2.26. The predicted octanol–water partition coefficient (Wildman–Crippen LogP) is 1.97. The molecule has 0 rings (SSSR count). The molecule has 0 bridgehead atoms. The maximum absolute atomic E-state index is 10.7. The minimum Gasteiger partial charge on any atom is -0.481 e. The van der Waals surface area contributed by atoms with Crippen LogP contribution in [0.15, 0.2) is 0 Å². The summed E-state index contributed by atoms with van der Waals surface area (Å²) in [5.41, 5.74) is -0.482. The van der Waals surface area contributed by atoms with Crippen LogP contribution in [0.25, 0.3) is 0 Å². The van der Waals surface area contributed by atoms with Crippen molar-refractivity contribution in [2.45, 2.75) is 52.1 Å². The molecule has 0 amide bonds. The number of hydrogen-bond donors (Lipinski definition) is 1. The van der Waals surface area contributed by atoms with E-state index in [0.29, 0.717) is 12.8 Å². The largest absolute Gasteiger partial charge is 0.481 e. The Morgan fingerprint density at radius 3 is 2.29 bits per heavy atom. The van der Waals surface area contributed by atoms with Crippen LogP contribution < -0.4 is 0 Å². The topological polar surface area (TPSA) is 63.6 Å². The molecule has 4 nitrogen and oxygen atoms in total. The fraction of sp³-hybridized carbons (Fsp3) is 0.800. The molecule has 0 radical (unpaired) electrons. The first-order chi connectivity index (χ1) is 6.33. The van der Waals surface area contributed by atoms with Crippen LogP contribution in [-0.4, -0.2) is 22.6 Å². The molecule has 4 heteroatoms. The van der Waals surface area contributed by atoms with Crippen molar-refractivity contribution >= 4 is 11.9 Å². The molecular formula is C10H18O4. The summed E-state index contributed by atoms with van der Waals surface area (Å²) in [5.74, 6) is -1.08. The number of unbranched alkanes of at least 4 members (excludes halogenated alkanes) is 1. The molecule has 0 aliphatic rings. The van der Waals surface area contributed by atoms with Crippen LogP contribution in [-0.2, 0) is 14.3 Å². The van der Waals surface area contributed by atoms with Gasteiger partial charge in [-0.25, -0.2) is 0 Å². The smallest absolute Gasteiger partial charge is 0.303 e. The Morgan fingerprint density at radius 1 is 1.29 bits per heavy atom. The molecule has 0 aliphatic heterocycles. The highest BCUT2D eigenvalue weighted by atomic mass is 16.6. The number of esters is 1. The monoisotopic (exact) mass is 202 g/mol. The van der Waals surface area contributed by atoms with Gasteiger partial charge in [0.2, 0.25) is 0 Å². The van der Waals surface area contributed by atoms with E-state index in [1.165, 1.54) is 6.92 Å². The average Bonchev–Trinajstić information content (AvgIpc) is 1.95. The third-order valence-corrected chi connectivity index (χ3v) is 1.84. The number of hydrogen-bond acceptors (Lipinski definition) is 3. The zero-order valence-corrected chi connectivity index (χ0v) is 9.00. The van der Waals surface area contributed by atoms with E-state index in [4.69, 9.17) is 9.84 Å². The van der Waals surface area contributed by atoms with E-state index in [1.807, 2.05) is 13.8 Å². The Hall–Kier alpha value is -1.06. The van der Waals surface area contributed by atoms with E-state index in [0.717, 1.165) is 6.42 Å². The third kappa shape index (κ3) is 7.58. The van der Waals surface area contributed by atoms with E-state index < -0.39 is 11.6 Å². The SMILES string of the molecule is CC(=O)OC(C)(C)CCCCC(=O)O. The van der Waals surface area contributed by atoms with Crippen molar-refractivity contribution in [3.63, 3.8) is 0 Å². The molecule has 0 spiro atoms. The van der Waals surface area contributed by atoms with Crippen molar-refractivity contribution in [2.24, 2.45) is 0 Å². The van der Waals surface area contributed by atoms with Crippen molar-refractivity contribution in [2.75, 3.05) is 0 Å². The fourth-order valence-electron chi connectivity index (χ4n) is 1.27. The molecule has 1 N–H and O–H groups in total. The van der Waals surface area contributed by atoms with Gasteiger partial charge in [-0.2, -0.15) is 0 Å². The van der Waals surface area contributed by atoms with Crippen molar-refractivity contribution in [1.82, 2.24) is 0 Å². The fourth-order valence-corrected chi connectivity index (χ4v) is 1.27. The van der Waals surface area contributed by atoms with Gasteiger partial charge < -0.3 is 9.84 Å². The summed E-state index contributed by atoms with van der Waals surface area (Å²) in [6.45, 7) is 5.03. The van der Waals surface area contributed by atoms with Crippen LogP contribution >= 0.6 is 0 Å². The zero-order valence-electron chi connectivity index (χ0n) is 9.00. The van der Waals surface area contributed by atoms with Crippen LogP contribution in [0.5, 0.6) is 0 Å². The van der Waals surface area contributed by atoms with Crippen LogP contribution in [0.4, 0.5) is 0 Å². The first kappa shape index (κ1) is 12.9. The van der Waals surface area contributed by atoms with Crippen molar-refractivity contribution < 1.29 is 19.4 Å². The second-order valence-corrected chi connectivity index (χ2v) is 3.95. The van der Waals surface area contributed by atoms with Gasteiger partial charge in [-0.05, 0) is 33.1 Å². The lowest BCUT2D eigenvalue weighted by Gasteiger charge is -2.24. The molecule has 0 aromatic rings. The second-order valence-electron chi connectivity index (χ2n) is 3.95. The molecule has 14 heavy (non-hydrogen) atoms. The highest BCUT2D eigenvalue weighted by Gasteiger charge is 2.20. The van der Waals surface area contributed by atoms with Crippen molar-refractivity contribution in [3.05, 3.63) is 0 Å². The Bertz CT molecular complexity index is 208. The normalized spacial score (nSPS) is 11.1. The predicted molar refractivity (Wildman–Crippen MR) is 51.9 cm³/mol. The molecule has 0 aliphatic carbocycles. The zero-order chi connectivity index (χ0) is 11.2. The number of rotatable bonds is 6. The summed E-state index contributed by atoms with van der Waals surface area (Å²) in [6.07, 6.45) is 2.25. The van der Waals surface area contributed by atoms with Crippen LogP contribution in [0.1, 0.15) is 46.5 Å². The summed E-state index contributed by atoms with van der Waals surface area (Å²) < 4.78 is 5.06. The van der Waals surface area contributed by atoms with E-state index in [2.05, 4.69) is 0 Å². The van der Waals surface area contributed by atoms with Gasteiger partial charge in [0.1, 0.15) is 5.60 Å². The quantitative estimate of drug-likeness (QED) is 0.528. The minimum absolute atomic E-state index is 0.177. The summed E-state index contributed by atoms with van der Waals surface area (Å²) in [6, 6.07) is 0. The molecule has 0 unspecified atom stereocenters.